The van der Waals surface area contributed by atoms with E-state index in [1.54, 1.807) is 31.2 Å². The number of carbonyl (C=O) groups is 2. The zero-order chi connectivity index (χ0) is 22.7. The number of furan rings is 1. The number of fused-ring (bicyclic) bond motifs is 1. The number of hydrogen-bond donors (Lipinski definition) is 2. The number of nitrogens with zero attached hydrogens (tertiary/aromatic N) is 3. The lowest BCUT2D eigenvalue weighted by molar-refractivity contribution is -0.131. The van der Waals surface area contributed by atoms with E-state index in [1.807, 2.05) is 0 Å². The molecule has 1 aliphatic heterocycles. The Morgan fingerprint density at radius 3 is 2.72 bits per heavy atom. The van der Waals surface area contributed by atoms with Crippen LogP contribution in [-0.2, 0) is 26.2 Å². The van der Waals surface area contributed by atoms with E-state index >= 15 is 0 Å². The van der Waals surface area contributed by atoms with Crippen molar-refractivity contribution in [1.82, 2.24) is 23.7 Å². The molecule has 0 saturated carbocycles. The van der Waals surface area contributed by atoms with Gasteiger partial charge in [-0.3, -0.25) is 9.59 Å². The first-order valence-corrected chi connectivity index (χ1v) is 12.3. The largest absolute Gasteiger partial charge is 0.467 e. The van der Waals surface area contributed by atoms with Gasteiger partial charge in [-0.1, -0.05) is 6.07 Å². The molecule has 0 spiro atoms. The molecule has 32 heavy (non-hydrogen) atoms. The first-order valence-electron chi connectivity index (χ1n) is 10.2. The Morgan fingerprint density at radius 2 is 2.00 bits per heavy atom. The van der Waals surface area contributed by atoms with E-state index in [2.05, 4.69) is 19.4 Å². The van der Waals surface area contributed by atoms with Crippen LogP contribution >= 0.6 is 11.7 Å². The molecule has 4 rings (SSSR count). The summed E-state index contributed by atoms with van der Waals surface area (Å²) in [5.74, 6) is -0.318. The number of carbonyl (C=O) groups excluding carboxylic acids is 2. The molecule has 1 aromatic carbocycles. The lowest BCUT2D eigenvalue weighted by atomic mass is 9.97. The third-order valence-corrected chi connectivity index (χ3v) is 7.93. The van der Waals surface area contributed by atoms with Crippen molar-refractivity contribution in [2.45, 2.75) is 37.2 Å². The molecule has 12 heteroatoms. The van der Waals surface area contributed by atoms with Gasteiger partial charge in [0.1, 0.15) is 27.7 Å². The summed E-state index contributed by atoms with van der Waals surface area (Å²) in [5, 5.41) is 5.42. The van der Waals surface area contributed by atoms with Gasteiger partial charge in [0.15, 0.2) is 0 Å². The van der Waals surface area contributed by atoms with Crippen LogP contribution in [0.5, 0.6) is 0 Å². The van der Waals surface area contributed by atoms with Gasteiger partial charge < -0.3 is 15.1 Å². The number of sulfonamides is 1. The molecular formula is C20H23N5O5S2. The summed E-state index contributed by atoms with van der Waals surface area (Å²) >= 11 is 0.971. The Labute approximate surface area is 189 Å². The Bertz CT molecular complexity index is 1200. The summed E-state index contributed by atoms with van der Waals surface area (Å²) in [6.07, 6.45) is 2.27. The molecule has 0 aliphatic carbocycles. The Morgan fingerprint density at radius 1 is 1.22 bits per heavy atom. The van der Waals surface area contributed by atoms with Crippen molar-refractivity contribution in [2.75, 3.05) is 13.1 Å². The molecule has 1 atom stereocenters. The van der Waals surface area contributed by atoms with Gasteiger partial charge in [-0.05, 0) is 44.0 Å². The third-order valence-electron chi connectivity index (χ3n) is 5.46. The van der Waals surface area contributed by atoms with Gasteiger partial charge in [0, 0.05) is 19.0 Å². The molecule has 0 bridgehead atoms. The quantitative estimate of drug-likeness (QED) is 0.527. The van der Waals surface area contributed by atoms with Crippen molar-refractivity contribution >= 4 is 44.6 Å². The van der Waals surface area contributed by atoms with Crippen LogP contribution in [0.1, 0.15) is 25.5 Å². The fraction of sp³-hybridized carbons (Fsp3) is 0.400. The SMILES string of the molecule is CC(NC(=O)C1CCN(S(=O)(=O)c2cccc3nsnc23)CC1)C(=O)NCc1ccco1. The highest BCUT2D eigenvalue weighted by Gasteiger charge is 2.34. The minimum Gasteiger partial charge on any atom is -0.467 e. The van der Waals surface area contributed by atoms with Crippen LogP contribution in [0.3, 0.4) is 0 Å². The van der Waals surface area contributed by atoms with Gasteiger partial charge >= 0.3 is 0 Å². The maximum absolute atomic E-state index is 13.1. The van der Waals surface area contributed by atoms with E-state index in [0.717, 1.165) is 11.7 Å². The molecule has 0 radical (unpaired) electrons. The highest BCUT2D eigenvalue weighted by molar-refractivity contribution is 7.89. The molecule has 1 saturated heterocycles. The highest BCUT2D eigenvalue weighted by atomic mass is 32.2. The predicted molar refractivity (Wildman–Crippen MR) is 117 cm³/mol. The average molecular weight is 478 g/mol. The van der Waals surface area contributed by atoms with Gasteiger partial charge in [-0.25, -0.2) is 8.42 Å². The van der Waals surface area contributed by atoms with Crippen LogP contribution in [0.25, 0.3) is 11.0 Å². The molecule has 1 unspecified atom stereocenters. The number of rotatable bonds is 7. The molecule has 2 amide bonds. The minimum absolute atomic E-state index is 0.133. The van der Waals surface area contributed by atoms with Gasteiger partial charge in [-0.15, -0.1) is 0 Å². The van der Waals surface area contributed by atoms with Crippen molar-refractivity contribution in [1.29, 1.82) is 0 Å². The molecule has 1 fully saturated rings. The predicted octanol–water partition coefficient (Wildman–Crippen LogP) is 1.51. The second-order valence-corrected chi connectivity index (χ2v) is 10.0. The molecular weight excluding hydrogens is 454 g/mol. The van der Waals surface area contributed by atoms with Crippen molar-refractivity contribution in [2.24, 2.45) is 5.92 Å². The zero-order valence-corrected chi connectivity index (χ0v) is 19.0. The smallest absolute Gasteiger partial charge is 0.245 e. The van der Waals surface area contributed by atoms with Crippen LogP contribution in [0, 0.1) is 5.92 Å². The second kappa shape index (κ2) is 9.35. The summed E-state index contributed by atoms with van der Waals surface area (Å²) in [7, 11) is -3.74. The van der Waals surface area contributed by atoms with Gasteiger partial charge in [0.25, 0.3) is 0 Å². The van der Waals surface area contributed by atoms with Crippen molar-refractivity contribution in [3.8, 4) is 0 Å². The lowest BCUT2D eigenvalue weighted by Crippen LogP contribution is -2.49. The lowest BCUT2D eigenvalue weighted by Gasteiger charge is -2.31. The summed E-state index contributed by atoms with van der Waals surface area (Å²) in [6, 6.07) is 7.66. The average Bonchev–Trinajstić information content (AvgIpc) is 3.49. The molecule has 10 nitrogen and oxygen atoms in total. The van der Waals surface area contributed by atoms with Crippen LogP contribution in [0.4, 0.5) is 0 Å². The van der Waals surface area contributed by atoms with E-state index in [0.29, 0.717) is 29.6 Å². The summed E-state index contributed by atoms with van der Waals surface area (Å²) in [5.41, 5.74) is 0.913. The van der Waals surface area contributed by atoms with E-state index < -0.39 is 16.1 Å². The van der Waals surface area contributed by atoms with Gasteiger partial charge in [0.05, 0.1) is 24.5 Å². The van der Waals surface area contributed by atoms with Crippen LogP contribution in [0.15, 0.2) is 45.9 Å². The summed E-state index contributed by atoms with van der Waals surface area (Å²) in [4.78, 5) is 25.0. The van der Waals surface area contributed by atoms with Crippen LogP contribution in [0.2, 0.25) is 0 Å². The number of benzene rings is 1. The first kappa shape index (κ1) is 22.4. The molecule has 2 aromatic heterocycles. The fourth-order valence-corrected chi connectivity index (χ4v) is 5.85. The number of aromatic nitrogens is 2. The number of hydrogen-bond acceptors (Lipinski definition) is 8. The topological polar surface area (TPSA) is 134 Å². The summed E-state index contributed by atoms with van der Waals surface area (Å²) in [6.45, 7) is 2.28. The van der Waals surface area contributed by atoms with E-state index in [1.165, 1.54) is 16.6 Å². The Hall–Kier alpha value is -2.83. The number of amides is 2. The van der Waals surface area contributed by atoms with Crippen molar-refractivity contribution in [3.63, 3.8) is 0 Å². The normalized spacial score (nSPS) is 16.7. The highest BCUT2D eigenvalue weighted by Crippen LogP contribution is 2.28. The Balaban J connectivity index is 1.31. The van der Waals surface area contributed by atoms with E-state index in [4.69, 9.17) is 4.42 Å². The standard InChI is InChI=1S/C20H23N5O5S2/c1-13(19(26)21-12-15-4-3-11-30-15)22-20(27)14-7-9-25(10-8-14)32(28,29)17-6-2-5-16-18(17)24-31-23-16/h2-6,11,13-14H,7-10,12H2,1H3,(H,21,26)(H,22,27). The fourth-order valence-electron chi connectivity index (χ4n) is 3.62. The molecule has 3 heterocycles. The monoisotopic (exact) mass is 477 g/mol. The minimum atomic E-state index is -3.74. The van der Waals surface area contributed by atoms with Crippen molar-refractivity contribution < 1.29 is 22.4 Å². The maximum atomic E-state index is 13.1. The molecule has 3 aromatic rings. The molecule has 2 N–H and O–H groups in total. The van der Waals surface area contributed by atoms with Gasteiger partial charge in [-0.2, -0.15) is 13.1 Å². The van der Waals surface area contributed by atoms with Crippen LogP contribution < -0.4 is 10.6 Å². The molecule has 1 aliphatic rings. The van der Waals surface area contributed by atoms with Gasteiger partial charge in [0.2, 0.25) is 21.8 Å². The van der Waals surface area contributed by atoms with Crippen molar-refractivity contribution in [3.05, 3.63) is 42.4 Å². The summed E-state index contributed by atoms with van der Waals surface area (Å²) < 4.78 is 41.0. The first-order chi connectivity index (χ1) is 15.4. The second-order valence-electron chi connectivity index (χ2n) is 7.59. The zero-order valence-electron chi connectivity index (χ0n) is 17.4. The number of nitrogens with one attached hydrogen (secondary N) is 2. The maximum Gasteiger partial charge on any atom is 0.245 e. The Kier molecular flexibility index (Phi) is 6.53. The van der Waals surface area contributed by atoms with E-state index in [-0.39, 0.29) is 42.3 Å². The van der Waals surface area contributed by atoms with E-state index in [9.17, 15) is 18.0 Å². The van der Waals surface area contributed by atoms with Crippen LogP contribution in [-0.4, -0.2) is 52.4 Å². The number of piperidine rings is 1. The molecule has 170 valence electrons. The third kappa shape index (κ3) is 4.66.